The van der Waals surface area contributed by atoms with E-state index in [-0.39, 0.29) is 12.7 Å². The van der Waals surface area contributed by atoms with Gasteiger partial charge in [-0.05, 0) is 87.9 Å². The standard InChI is InChI=1S/C29H37ClN2O4/c1-6-17-34-18-19-35-25-13-14-26-23(20-25)10-9-22-11-12-24(30)21-27(22)32(26)16-8-7-15-31(5)28(33)36-29(2,3)4/h1,11-14,20-21H,7-10,15-19H2,2-5H3. The molecule has 1 aliphatic rings. The summed E-state index contributed by atoms with van der Waals surface area (Å²) in [4.78, 5) is 16.3. The average molecular weight is 513 g/mol. The number of carbonyl (C=O) groups excluding carboxylic acids is 1. The van der Waals surface area contributed by atoms with Gasteiger partial charge in [0.2, 0.25) is 0 Å². The molecule has 0 N–H and O–H groups in total. The normalized spacial score (nSPS) is 12.7. The first-order valence-corrected chi connectivity index (χ1v) is 12.8. The Morgan fingerprint density at radius 3 is 2.61 bits per heavy atom. The van der Waals surface area contributed by atoms with Gasteiger partial charge in [-0.2, -0.15) is 0 Å². The molecule has 0 aromatic heterocycles. The third kappa shape index (κ3) is 8.08. The number of amides is 1. The van der Waals surface area contributed by atoms with E-state index in [0.717, 1.165) is 54.4 Å². The molecule has 1 aliphatic heterocycles. The zero-order chi connectivity index (χ0) is 26.1. The van der Waals surface area contributed by atoms with E-state index in [9.17, 15) is 4.79 Å². The van der Waals surface area contributed by atoms with Crippen LogP contribution >= 0.6 is 11.6 Å². The van der Waals surface area contributed by atoms with Gasteiger partial charge >= 0.3 is 6.09 Å². The number of carbonyl (C=O) groups is 1. The molecule has 36 heavy (non-hydrogen) atoms. The lowest BCUT2D eigenvalue weighted by atomic mass is 10.0. The molecule has 0 unspecified atom stereocenters. The number of anilines is 2. The Hall–Kier alpha value is -2.88. The Labute approximate surface area is 220 Å². The summed E-state index contributed by atoms with van der Waals surface area (Å²) in [6, 6.07) is 12.4. The molecule has 1 amide bonds. The third-order valence-corrected chi connectivity index (χ3v) is 6.09. The largest absolute Gasteiger partial charge is 0.491 e. The van der Waals surface area contributed by atoms with Crippen LogP contribution in [0.15, 0.2) is 36.4 Å². The first kappa shape index (κ1) is 27.7. The van der Waals surface area contributed by atoms with Gasteiger partial charge in [0.15, 0.2) is 0 Å². The number of hydrogen-bond acceptors (Lipinski definition) is 5. The lowest BCUT2D eigenvalue weighted by Crippen LogP contribution is -2.35. The summed E-state index contributed by atoms with van der Waals surface area (Å²) < 4.78 is 16.7. The van der Waals surface area contributed by atoms with Crippen molar-refractivity contribution in [3.63, 3.8) is 0 Å². The molecule has 3 rings (SSSR count). The van der Waals surface area contributed by atoms with Gasteiger partial charge in [-0.15, -0.1) is 6.42 Å². The minimum Gasteiger partial charge on any atom is -0.491 e. The maximum Gasteiger partial charge on any atom is 0.410 e. The van der Waals surface area contributed by atoms with Crippen LogP contribution in [0.3, 0.4) is 0 Å². The van der Waals surface area contributed by atoms with Crippen LogP contribution < -0.4 is 9.64 Å². The fourth-order valence-electron chi connectivity index (χ4n) is 4.15. The maximum atomic E-state index is 12.3. The number of terminal acetylenes is 1. The lowest BCUT2D eigenvalue weighted by molar-refractivity contribution is 0.0296. The zero-order valence-electron chi connectivity index (χ0n) is 21.8. The Morgan fingerprint density at radius 1 is 1.08 bits per heavy atom. The van der Waals surface area contributed by atoms with Crippen LogP contribution in [0.2, 0.25) is 5.02 Å². The van der Waals surface area contributed by atoms with E-state index in [2.05, 4.69) is 29.0 Å². The highest BCUT2D eigenvalue weighted by Crippen LogP contribution is 2.39. The summed E-state index contributed by atoms with van der Waals surface area (Å²) in [7, 11) is 1.78. The number of fused-ring (bicyclic) bond motifs is 2. The highest BCUT2D eigenvalue weighted by molar-refractivity contribution is 6.30. The van der Waals surface area contributed by atoms with E-state index >= 15 is 0 Å². The summed E-state index contributed by atoms with van der Waals surface area (Å²) in [5, 5.41) is 0.721. The quantitative estimate of drug-likeness (QED) is 0.278. The smallest absolute Gasteiger partial charge is 0.410 e. The Balaban J connectivity index is 1.69. The summed E-state index contributed by atoms with van der Waals surface area (Å²) in [6.45, 7) is 8.26. The van der Waals surface area contributed by atoms with Crippen molar-refractivity contribution < 1.29 is 19.0 Å². The van der Waals surface area contributed by atoms with E-state index < -0.39 is 5.60 Å². The first-order chi connectivity index (χ1) is 17.2. The van der Waals surface area contributed by atoms with Crippen LogP contribution in [0.4, 0.5) is 16.2 Å². The van der Waals surface area contributed by atoms with Crippen LogP contribution in [0.5, 0.6) is 5.75 Å². The highest BCUT2D eigenvalue weighted by atomic mass is 35.5. The Bertz CT molecular complexity index is 1070. The number of nitrogens with zero attached hydrogens (tertiary/aromatic N) is 2. The summed E-state index contributed by atoms with van der Waals surface area (Å²) in [5.74, 6) is 3.28. The molecular formula is C29H37ClN2O4. The number of hydrogen-bond donors (Lipinski definition) is 0. The lowest BCUT2D eigenvalue weighted by Gasteiger charge is -2.28. The van der Waals surface area contributed by atoms with Gasteiger partial charge in [-0.1, -0.05) is 23.6 Å². The molecule has 6 nitrogen and oxygen atoms in total. The second-order valence-corrected chi connectivity index (χ2v) is 10.4. The molecular weight excluding hydrogens is 476 g/mol. The predicted molar refractivity (Wildman–Crippen MR) is 146 cm³/mol. The summed E-state index contributed by atoms with van der Waals surface area (Å²) in [6.07, 6.45) is 8.51. The molecule has 194 valence electrons. The topological polar surface area (TPSA) is 51.2 Å². The van der Waals surface area contributed by atoms with Crippen LogP contribution in [0.25, 0.3) is 0 Å². The fraction of sp³-hybridized carbons (Fsp3) is 0.483. The van der Waals surface area contributed by atoms with Crippen molar-refractivity contribution in [2.75, 3.05) is 44.9 Å². The number of unbranched alkanes of at least 4 members (excludes halogenated alkanes) is 1. The van der Waals surface area contributed by atoms with Gasteiger partial charge in [-0.25, -0.2) is 4.79 Å². The molecule has 0 bridgehead atoms. The van der Waals surface area contributed by atoms with Crippen molar-refractivity contribution in [1.82, 2.24) is 4.90 Å². The van der Waals surface area contributed by atoms with Crippen molar-refractivity contribution in [3.8, 4) is 18.1 Å². The van der Waals surface area contributed by atoms with E-state index in [1.807, 2.05) is 39.0 Å². The molecule has 7 heteroatoms. The molecule has 0 fully saturated rings. The number of ether oxygens (including phenoxy) is 3. The molecule has 2 aromatic rings. The van der Waals surface area contributed by atoms with Crippen molar-refractivity contribution >= 4 is 29.1 Å². The Morgan fingerprint density at radius 2 is 1.86 bits per heavy atom. The van der Waals surface area contributed by atoms with Gasteiger partial charge in [0, 0.05) is 36.5 Å². The second-order valence-electron chi connectivity index (χ2n) is 9.93. The van der Waals surface area contributed by atoms with Gasteiger partial charge < -0.3 is 24.0 Å². The monoisotopic (exact) mass is 512 g/mol. The SMILES string of the molecule is C#CCOCCOc1ccc2c(c1)CCc1ccc(Cl)cc1N2CCCCN(C)C(=O)OC(C)(C)C. The molecule has 0 spiro atoms. The van der Waals surface area contributed by atoms with Gasteiger partial charge in [0.25, 0.3) is 0 Å². The average Bonchev–Trinajstić information content (AvgIpc) is 2.96. The second kappa shape index (κ2) is 12.9. The van der Waals surface area contributed by atoms with Gasteiger partial charge in [0.1, 0.15) is 24.6 Å². The minimum absolute atomic E-state index is 0.289. The van der Waals surface area contributed by atoms with Crippen LogP contribution in [-0.2, 0) is 22.3 Å². The van der Waals surface area contributed by atoms with Gasteiger partial charge in [0.05, 0.1) is 6.61 Å². The molecule has 2 aromatic carbocycles. The summed E-state index contributed by atoms with van der Waals surface area (Å²) in [5.41, 5.74) is 4.30. The van der Waals surface area contributed by atoms with E-state index in [4.69, 9.17) is 32.2 Å². The van der Waals surface area contributed by atoms with Crippen LogP contribution in [0, 0.1) is 12.3 Å². The number of rotatable bonds is 10. The minimum atomic E-state index is -0.499. The predicted octanol–water partition coefficient (Wildman–Crippen LogP) is 6.25. The fourth-order valence-corrected chi connectivity index (χ4v) is 4.32. The number of halogens is 1. The highest BCUT2D eigenvalue weighted by Gasteiger charge is 2.22. The first-order valence-electron chi connectivity index (χ1n) is 12.4. The summed E-state index contributed by atoms with van der Waals surface area (Å²) >= 11 is 6.40. The van der Waals surface area contributed by atoms with Gasteiger partial charge in [-0.3, -0.25) is 0 Å². The zero-order valence-corrected chi connectivity index (χ0v) is 22.6. The number of aryl methyl sites for hydroxylation is 2. The number of benzene rings is 2. The van der Waals surface area contributed by atoms with E-state index in [0.29, 0.717) is 19.8 Å². The van der Waals surface area contributed by atoms with Crippen LogP contribution in [-0.4, -0.2) is 56.6 Å². The molecule has 0 aliphatic carbocycles. The van der Waals surface area contributed by atoms with Crippen molar-refractivity contribution in [3.05, 3.63) is 52.5 Å². The molecule has 0 saturated carbocycles. The third-order valence-electron chi connectivity index (χ3n) is 5.86. The van der Waals surface area contributed by atoms with E-state index in [1.165, 1.54) is 11.1 Å². The van der Waals surface area contributed by atoms with Crippen molar-refractivity contribution in [1.29, 1.82) is 0 Å². The molecule has 0 radical (unpaired) electrons. The molecule has 0 atom stereocenters. The van der Waals surface area contributed by atoms with Crippen LogP contribution in [0.1, 0.15) is 44.7 Å². The van der Waals surface area contributed by atoms with Crippen molar-refractivity contribution in [2.45, 2.75) is 52.1 Å². The Kier molecular flexibility index (Phi) is 9.92. The maximum absolute atomic E-state index is 12.3. The molecule has 0 saturated heterocycles. The van der Waals surface area contributed by atoms with Crippen molar-refractivity contribution in [2.24, 2.45) is 0 Å². The molecule has 1 heterocycles. The van der Waals surface area contributed by atoms with E-state index in [1.54, 1.807) is 11.9 Å².